The number of fused-ring (bicyclic) bond motifs is 1. The Morgan fingerprint density at radius 1 is 1.06 bits per heavy atom. The smallest absolute Gasteiger partial charge is 0.0864 e. The Morgan fingerprint density at radius 3 is 2.75 bits per heavy atom. The van der Waals surface area contributed by atoms with Gasteiger partial charge in [-0.15, -0.1) is 0 Å². The minimum absolute atomic E-state index is 0.984. The second kappa shape index (κ2) is 5.50. The van der Waals surface area contributed by atoms with Crippen molar-refractivity contribution in [2.75, 3.05) is 5.32 Å². The van der Waals surface area contributed by atoms with Gasteiger partial charge in [0.15, 0.2) is 0 Å². The van der Waals surface area contributed by atoms with E-state index in [-0.39, 0.29) is 0 Å². The van der Waals surface area contributed by atoms with Crippen molar-refractivity contribution in [2.24, 2.45) is 4.99 Å². The predicted molar refractivity (Wildman–Crippen MR) is 65.9 cm³/mol. The molecular formula is C12H12N4. The zero-order valence-corrected chi connectivity index (χ0v) is 8.67. The lowest BCUT2D eigenvalue weighted by molar-refractivity contribution is 1.09. The first kappa shape index (κ1) is 10.2. The van der Waals surface area contributed by atoms with Gasteiger partial charge in [0.2, 0.25) is 0 Å². The first-order valence-corrected chi connectivity index (χ1v) is 4.95. The van der Waals surface area contributed by atoms with Crippen LogP contribution in [0.25, 0.3) is 0 Å². The number of allylic oxidation sites excluding steroid dienone is 1. The van der Waals surface area contributed by atoms with Crippen molar-refractivity contribution < 1.29 is 0 Å². The molecule has 1 aromatic carbocycles. The van der Waals surface area contributed by atoms with Crippen LogP contribution in [-0.4, -0.2) is 16.4 Å². The summed E-state index contributed by atoms with van der Waals surface area (Å²) in [6.45, 7) is 0. The summed E-state index contributed by atoms with van der Waals surface area (Å²) in [6, 6.07) is 9.78. The largest absolute Gasteiger partial charge is 0.360 e. The van der Waals surface area contributed by atoms with Crippen LogP contribution in [0.4, 0.5) is 11.4 Å². The van der Waals surface area contributed by atoms with Gasteiger partial charge in [0.25, 0.3) is 0 Å². The molecule has 1 aliphatic heterocycles. The number of nitrogens with zero attached hydrogens (tertiary/aromatic N) is 2. The minimum atomic E-state index is 0.984. The lowest BCUT2D eigenvalue weighted by atomic mass is 10.3. The summed E-state index contributed by atoms with van der Waals surface area (Å²) in [6.07, 6.45) is 8.98. The number of aromatic nitrogens is 2. The molecule has 2 N–H and O–H groups in total. The Hall–Kier alpha value is -2.36. The van der Waals surface area contributed by atoms with Crippen molar-refractivity contribution in [3.05, 3.63) is 55.0 Å². The lowest BCUT2D eigenvalue weighted by Crippen LogP contribution is -1.84. The number of rotatable bonds is 0. The molecule has 2 aromatic rings. The van der Waals surface area contributed by atoms with E-state index in [9.17, 15) is 0 Å². The molecule has 1 aliphatic rings. The van der Waals surface area contributed by atoms with Crippen LogP contribution in [0.15, 0.2) is 60.0 Å². The minimum Gasteiger partial charge on any atom is -0.360 e. The van der Waals surface area contributed by atoms with Gasteiger partial charge in [0.1, 0.15) is 0 Å². The Bertz CT molecular complexity index is 454. The molecule has 0 saturated heterocycles. The van der Waals surface area contributed by atoms with Crippen molar-refractivity contribution in [1.29, 1.82) is 0 Å². The third kappa shape index (κ3) is 2.81. The van der Waals surface area contributed by atoms with E-state index in [0.29, 0.717) is 0 Å². The van der Waals surface area contributed by atoms with Crippen LogP contribution in [0.3, 0.4) is 0 Å². The molecular weight excluding hydrogens is 200 g/mol. The highest BCUT2D eigenvalue weighted by Gasteiger charge is 1.96. The molecule has 4 heteroatoms. The SMILES string of the molecule is C1=CNc2ccccc2N=C1.c1cn[nH]c1. The Morgan fingerprint density at radius 2 is 2.00 bits per heavy atom. The van der Waals surface area contributed by atoms with Crippen LogP contribution in [-0.2, 0) is 0 Å². The number of anilines is 1. The summed E-state index contributed by atoms with van der Waals surface area (Å²) in [5, 5.41) is 9.33. The van der Waals surface area contributed by atoms with Crippen LogP contribution >= 0.6 is 0 Å². The molecule has 80 valence electrons. The monoisotopic (exact) mass is 212 g/mol. The number of nitrogens with one attached hydrogen (secondary N) is 2. The highest BCUT2D eigenvalue weighted by molar-refractivity contribution is 5.81. The molecule has 0 atom stereocenters. The fraction of sp³-hybridized carbons (Fsp3) is 0. The highest BCUT2D eigenvalue weighted by atomic mass is 15.1. The third-order valence-corrected chi connectivity index (χ3v) is 1.94. The van der Waals surface area contributed by atoms with Crippen molar-refractivity contribution in [3.63, 3.8) is 0 Å². The fourth-order valence-electron chi connectivity index (χ4n) is 1.23. The summed E-state index contributed by atoms with van der Waals surface area (Å²) in [7, 11) is 0. The van der Waals surface area contributed by atoms with Crippen LogP contribution in [0.5, 0.6) is 0 Å². The first-order chi connectivity index (χ1) is 7.97. The van der Waals surface area contributed by atoms with Gasteiger partial charge >= 0.3 is 0 Å². The summed E-state index contributed by atoms with van der Waals surface area (Å²) in [5.41, 5.74) is 2.04. The van der Waals surface area contributed by atoms with Crippen molar-refractivity contribution in [3.8, 4) is 0 Å². The molecule has 0 radical (unpaired) electrons. The van der Waals surface area contributed by atoms with E-state index in [2.05, 4.69) is 20.5 Å². The maximum absolute atomic E-state index is 4.21. The Kier molecular flexibility index (Phi) is 3.50. The van der Waals surface area contributed by atoms with Crippen LogP contribution in [0.2, 0.25) is 0 Å². The predicted octanol–water partition coefficient (Wildman–Crippen LogP) is 2.74. The first-order valence-electron chi connectivity index (χ1n) is 4.95. The van der Waals surface area contributed by atoms with E-state index in [4.69, 9.17) is 0 Å². The van der Waals surface area contributed by atoms with Crippen molar-refractivity contribution in [1.82, 2.24) is 10.2 Å². The summed E-state index contributed by atoms with van der Waals surface area (Å²) in [5.74, 6) is 0. The molecule has 0 fully saturated rings. The number of hydrogen-bond acceptors (Lipinski definition) is 3. The molecule has 0 aliphatic carbocycles. The standard InChI is InChI=1S/C9H8N2.C3H4N2/c1-2-5-9-8(4-1)10-6-3-7-11-9;1-2-4-5-3-1/h1-7,10H;1-3H,(H,4,5). The molecule has 0 spiro atoms. The molecule has 3 rings (SSSR count). The number of aliphatic imine (C=N–C) groups is 1. The van der Waals surface area contributed by atoms with Gasteiger partial charge in [-0.25, -0.2) is 0 Å². The van der Waals surface area contributed by atoms with Gasteiger partial charge in [-0.1, -0.05) is 12.1 Å². The summed E-state index contributed by atoms with van der Waals surface area (Å²) < 4.78 is 0. The third-order valence-electron chi connectivity index (χ3n) is 1.94. The quantitative estimate of drug-likeness (QED) is 0.705. The number of benzene rings is 1. The zero-order valence-electron chi connectivity index (χ0n) is 8.67. The lowest BCUT2D eigenvalue weighted by Gasteiger charge is -2.00. The van der Waals surface area contributed by atoms with E-state index in [1.807, 2.05) is 42.6 Å². The molecule has 0 saturated carbocycles. The average Bonchev–Trinajstić information content (AvgIpc) is 2.81. The topological polar surface area (TPSA) is 53.1 Å². The van der Waals surface area contributed by atoms with Gasteiger partial charge in [-0.3, -0.25) is 10.1 Å². The molecule has 0 amide bonds. The normalized spacial score (nSPS) is 11.8. The molecule has 16 heavy (non-hydrogen) atoms. The van der Waals surface area contributed by atoms with E-state index in [1.165, 1.54) is 0 Å². The maximum atomic E-state index is 4.21. The Labute approximate surface area is 93.7 Å². The molecule has 0 unspecified atom stereocenters. The summed E-state index contributed by atoms with van der Waals surface area (Å²) in [4.78, 5) is 4.21. The van der Waals surface area contributed by atoms with Gasteiger partial charge in [-0.05, 0) is 24.3 Å². The highest BCUT2D eigenvalue weighted by Crippen LogP contribution is 2.24. The molecule has 4 nitrogen and oxygen atoms in total. The van der Waals surface area contributed by atoms with Crippen molar-refractivity contribution in [2.45, 2.75) is 0 Å². The van der Waals surface area contributed by atoms with Crippen LogP contribution in [0, 0.1) is 0 Å². The van der Waals surface area contributed by atoms with E-state index >= 15 is 0 Å². The molecule has 0 bridgehead atoms. The van der Waals surface area contributed by atoms with Crippen LogP contribution in [0.1, 0.15) is 0 Å². The maximum Gasteiger partial charge on any atom is 0.0864 e. The Balaban J connectivity index is 0.000000162. The average molecular weight is 212 g/mol. The van der Waals surface area contributed by atoms with E-state index in [1.54, 1.807) is 18.6 Å². The molecule has 2 heterocycles. The number of aromatic amines is 1. The van der Waals surface area contributed by atoms with Gasteiger partial charge < -0.3 is 5.32 Å². The van der Waals surface area contributed by atoms with Gasteiger partial charge in [-0.2, -0.15) is 5.10 Å². The number of H-pyrrole nitrogens is 1. The summed E-state index contributed by atoms with van der Waals surface area (Å²) >= 11 is 0. The van der Waals surface area contributed by atoms with Gasteiger partial charge in [0, 0.05) is 24.8 Å². The van der Waals surface area contributed by atoms with Gasteiger partial charge in [0.05, 0.1) is 11.4 Å². The number of para-hydroxylation sites is 2. The number of hydrogen-bond donors (Lipinski definition) is 2. The van der Waals surface area contributed by atoms with E-state index in [0.717, 1.165) is 11.4 Å². The van der Waals surface area contributed by atoms with Crippen molar-refractivity contribution >= 4 is 17.6 Å². The zero-order chi connectivity index (χ0) is 11.1. The fourth-order valence-corrected chi connectivity index (χ4v) is 1.23. The van der Waals surface area contributed by atoms with E-state index < -0.39 is 0 Å². The van der Waals surface area contributed by atoms with Crippen LogP contribution < -0.4 is 5.32 Å². The second-order valence-corrected chi connectivity index (χ2v) is 3.07. The molecule has 1 aromatic heterocycles. The second-order valence-electron chi connectivity index (χ2n) is 3.07.